The number of allylic oxidation sites excluding steroid dienone is 1. The Labute approximate surface area is 110 Å². The second-order valence-electron chi connectivity index (χ2n) is 2.05. The summed E-state index contributed by atoms with van der Waals surface area (Å²) >= 11 is 0. The van der Waals surface area contributed by atoms with Gasteiger partial charge in [-0.15, -0.1) is 6.58 Å². The quantitative estimate of drug-likeness (QED) is 0.222. The first-order valence-electron chi connectivity index (χ1n) is 3.11. The maximum Gasteiger partial charge on any atom is 1.00 e. The Bertz CT molecular complexity index is 186. The molecule has 60 valence electrons. The van der Waals surface area contributed by atoms with Gasteiger partial charge in [0.1, 0.15) is 0 Å². The molecule has 0 atom stereocenters. The molecule has 0 N–H and O–H groups in total. The Kier molecular flexibility index (Phi) is 10.6. The molecule has 0 aliphatic carbocycles. The molecule has 0 radical (unpaired) electrons. The number of hydrogen-bond donors (Lipinski definition) is 0. The van der Waals surface area contributed by atoms with E-state index in [2.05, 4.69) is 6.58 Å². The fourth-order valence-electron chi connectivity index (χ4n) is 0.568. The molecule has 0 spiro atoms. The molecule has 0 aliphatic rings. The van der Waals surface area contributed by atoms with Crippen LogP contribution in [0.1, 0.15) is 19.3 Å². The molecule has 0 amide bonds. The molecule has 0 fully saturated rings. The van der Waals surface area contributed by atoms with Gasteiger partial charge >= 0.3 is 51.4 Å². The molecule has 0 bridgehead atoms. The van der Waals surface area contributed by atoms with Crippen LogP contribution in [0, 0.1) is 0 Å². The molecule has 3 nitrogen and oxygen atoms in total. The van der Waals surface area contributed by atoms with E-state index >= 15 is 0 Å². The third kappa shape index (κ3) is 14.2. The summed E-state index contributed by atoms with van der Waals surface area (Å²) in [4.78, 5) is 0. The first-order valence-corrected chi connectivity index (χ1v) is 4.68. The van der Waals surface area contributed by atoms with Gasteiger partial charge in [0.05, 0.1) is 10.1 Å². The minimum Gasteiger partial charge on any atom is -0.748 e. The van der Waals surface area contributed by atoms with Gasteiger partial charge in [0.25, 0.3) is 0 Å². The van der Waals surface area contributed by atoms with Crippen molar-refractivity contribution < 1.29 is 64.4 Å². The molecule has 0 heterocycles. The van der Waals surface area contributed by atoms with E-state index in [1.807, 2.05) is 0 Å². The molecule has 0 aromatic carbocycles. The number of rotatable bonds is 5. The van der Waals surface area contributed by atoms with Gasteiger partial charge in [0.15, 0.2) is 0 Å². The van der Waals surface area contributed by atoms with E-state index in [1.54, 1.807) is 6.08 Å². The van der Waals surface area contributed by atoms with Gasteiger partial charge in [-0.3, -0.25) is 0 Å². The molecule has 0 saturated heterocycles. The molecule has 0 aliphatic heterocycles. The van der Waals surface area contributed by atoms with Crippen molar-refractivity contribution in [2.75, 3.05) is 5.75 Å². The molecule has 0 unspecified atom stereocenters. The smallest absolute Gasteiger partial charge is 0.748 e. The van der Waals surface area contributed by atoms with Crippen molar-refractivity contribution in [1.82, 2.24) is 0 Å². The average molecular weight is 202 g/mol. The molecular formula is C6H11KO3S. The standard InChI is InChI=1S/C6H12O3S.K/c1-2-3-4-5-6-10(7,8)9;/h2H,1,3-6H2,(H,7,8,9);/q;+1/p-1. The van der Waals surface area contributed by atoms with Crippen molar-refractivity contribution in [3.63, 3.8) is 0 Å². The van der Waals surface area contributed by atoms with E-state index in [-0.39, 0.29) is 57.1 Å². The fraction of sp³-hybridized carbons (Fsp3) is 0.667. The maximum atomic E-state index is 10.0. The minimum atomic E-state index is -3.99. The summed E-state index contributed by atoms with van der Waals surface area (Å²) in [5.41, 5.74) is 0. The Morgan fingerprint density at radius 2 is 1.91 bits per heavy atom. The molecular weight excluding hydrogens is 191 g/mol. The van der Waals surface area contributed by atoms with Gasteiger partial charge in [-0.25, -0.2) is 8.42 Å². The van der Waals surface area contributed by atoms with E-state index in [9.17, 15) is 13.0 Å². The SMILES string of the molecule is C=CCCCCS(=O)(=O)[O-].[K+]. The van der Waals surface area contributed by atoms with Crippen LogP contribution in [0.4, 0.5) is 0 Å². The molecule has 0 rings (SSSR count). The van der Waals surface area contributed by atoms with Crippen LogP contribution in [0.15, 0.2) is 12.7 Å². The topological polar surface area (TPSA) is 57.2 Å². The van der Waals surface area contributed by atoms with Gasteiger partial charge in [-0.2, -0.15) is 0 Å². The zero-order valence-corrected chi connectivity index (χ0v) is 10.7. The summed E-state index contributed by atoms with van der Waals surface area (Å²) in [6.45, 7) is 3.47. The van der Waals surface area contributed by atoms with Gasteiger partial charge in [-0.1, -0.05) is 6.08 Å². The van der Waals surface area contributed by atoms with Crippen LogP contribution in [0.25, 0.3) is 0 Å². The largest absolute Gasteiger partial charge is 1.00 e. The molecule has 11 heavy (non-hydrogen) atoms. The summed E-state index contributed by atoms with van der Waals surface area (Å²) in [6, 6.07) is 0. The maximum absolute atomic E-state index is 10.0. The van der Waals surface area contributed by atoms with Crippen LogP contribution in [-0.4, -0.2) is 18.7 Å². The summed E-state index contributed by atoms with van der Waals surface area (Å²) < 4.78 is 30.0. The van der Waals surface area contributed by atoms with Crippen LogP contribution >= 0.6 is 0 Å². The zero-order chi connectivity index (χ0) is 8.04. The summed E-state index contributed by atoms with van der Waals surface area (Å²) in [6.07, 6.45) is 3.65. The van der Waals surface area contributed by atoms with E-state index in [0.717, 1.165) is 12.8 Å². The summed E-state index contributed by atoms with van der Waals surface area (Å²) in [5.74, 6) is -0.249. The predicted molar refractivity (Wildman–Crippen MR) is 38.6 cm³/mol. The third-order valence-electron chi connectivity index (χ3n) is 1.05. The van der Waals surface area contributed by atoms with E-state index in [4.69, 9.17) is 0 Å². The Morgan fingerprint density at radius 1 is 1.36 bits per heavy atom. The summed E-state index contributed by atoms with van der Waals surface area (Å²) in [5, 5.41) is 0. The normalized spacial score (nSPS) is 10.3. The van der Waals surface area contributed by atoms with Crippen molar-refractivity contribution in [3.05, 3.63) is 12.7 Å². The third-order valence-corrected chi connectivity index (χ3v) is 1.84. The second-order valence-corrected chi connectivity index (χ2v) is 3.57. The van der Waals surface area contributed by atoms with Crippen molar-refractivity contribution in [3.8, 4) is 0 Å². The predicted octanol–water partition coefficient (Wildman–Crippen LogP) is -2.11. The van der Waals surface area contributed by atoms with Crippen LogP contribution in [0.3, 0.4) is 0 Å². The zero-order valence-electron chi connectivity index (χ0n) is 6.75. The van der Waals surface area contributed by atoms with Gasteiger partial charge < -0.3 is 4.55 Å². The fourth-order valence-corrected chi connectivity index (χ4v) is 1.13. The average Bonchev–Trinajstić information content (AvgIpc) is 1.78. The number of unbranched alkanes of at least 4 members (excludes halogenated alkanes) is 2. The van der Waals surface area contributed by atoms with Crippen LogP contribution in [-0.2, 0) is 10.1 Å². The van der Waals surface area contributed by atoms with E-state index in [1.165, 1.54) is 0 Å². The second kappa shape index (κ2) is 7.91. The Morgan fingerprint density at radius 3 is 2.27 bits per heavy atom. The van der Waals surface area contributed by atoms with Gasteiger partial charge in [-0.05, 0) is 19.3 Å². The van der Waals surface area contributed by atoms with Crippen LogP contribution < -0.4 is 51.4 Å². The van der Waals surface area contributed by atoms with Gasteiger partial charge in [0, 0.05) is 5.75 Å². The van der Waals surface area contributed by atoms with Crippen molar-refractivity contribution >= 4 is 10.1 Å². The van der Waals surface area contributed by atoms with E-state index < -0.39 is 10.1 Å². The van der Waals surface area contributed by atoms with Gasteiger partial charge in [0.2, 0.25) is 0 Å². The molecule has 0 saturated carbocycles. The summed E-state index contributed by atoms with van der Waals surface area (Å²) in [7, 11) is -3.99. The van der Waals surface area contributed by atoms with Crippen molar-refractivity contribution in [2.24, 2.45) is 0 Å². The monoisotopic (exact) mass is 202 g/mol. The molecule has 5 heteroatoms. The Hall–Kier alpha value is 1.29. The molecule has 0 aromatic rings. The first kappa shape index (κ1) is 14.8. The Balaban J connectivity index is 0. The number of hydrogen-bond acceptors (Lipinski definition) is 3. The van der Waals surface area contributed by atoms with Crippen LogP contribution in [0.2, 0.25) is 0 Å². The van der Waals surface area contributed by atoms with Crippen molar-refractivity contribution in [2.45, 2.75) is 19.3 Å². The molecule has 0 aromatic heterocycles. The van der Waals surface area contributed by atoms with Crippen LogP contribution in [0.5, 0.6) is 0 Å². The van der Waals surface area contributed by atoms with E-state index in [0.29, 0.717) is 6.42 Å². The minimum absolute atomic E-state index is 0. The van der Waals surface area contributed by atoms with Crippen molar-refractivity contribution in [1.29, 1.82) is 0 Å². The first-order chi connectivity index (χ1) is 4.56.